The van der Waals surface area contributed by atoms with Crippen LogP contribution in [-0.2, 0) is 0 Å². The summed E-state index contributed by atoms with van der Waals surface area (Å²) in [5.74, 6) is 0.808. The predicted molar refractivity (Wildman–Crippen MR) is 79.8 cm³/mol. The van der Waals surface area contributed by atoms with Crippen molar-refractivity contribution < 1.29 is 4.74 Å². The molecule has 1 unspecified atom stereocenters. The fourth-order valence-electron chi connectivity index (χ4n) is 2.11. The van der Waals surface area contributed by atoms with Crippen molar-refractivity contribution in [2.75, 3.05) is 13.2 Å². The first-order valence-electron chi connectivity index (χ1n) is 7.06. The van der Waals surface area contributed by atoms with Gasteiger partial charge in [-0.2, -0.15) is 0 Å². The maximum Gasteiger partial charge on any atom is 0.137 e. The molecule has 20 heavy (non-hydrogen) atoms. The smallest absolute Gasteiger partial charge is 0.137 e. The summed E-state index contributed by atoms with van der Waals surface area (Å²) in [5.41, 5.74) is 2.29. The Morgan fingerprint density at radius 2 is 1.90 bits per heavy atom. The zero-order chi connectivity index (χ0) is 14.2. The van der Waals surface area contributed by atoms with Gasteiger partial charge in [-0.15, -0.1) is 0 Å². The number of pyridine rings is 2. The number of rotatable bonds is 7. The first-order chi connectivity index (χ1) is 9.85. The molecule has 0 aliphatic heterocycles. The van der Waals surface area contributed by atoms with Gasteiger partial charge in [-0.25, -0.2) is 0 Å². The van der Waals surface area contributed by atoms with Crippen LogP contribution in [0.3, 0.4) is 0 Å². The summed E-state index contributed by atoms with van der Waals surface area (Å²) in [7, 11) is 0. The third-order valence-corrected chi connectivity index (χ3v) is 3.02. The minimum absolute atomic E-state index is 0.117. The summed E-state index contributed by atoms with van der Waals surface area (Å²) in [6, 6.07) is 6.22. The normalized spacial score (nSPS) is 12.1. The molecule has 0 bridgehead atoms. The Labute approximate surface area is 120 Å². The van der Waals surface area contributed by atoms with Gasteiger partial charge in [-0.3, -0.25) is 9.97 Å². The minimum atomic E-state index is 0.117. The molecule has 2 rings (SSSR count). The van der Waals surface area contributed by atoms with Crippen LogP contribution in [0.5, 0.6) is 5.75 Å². The van der Waals surface area contributed by atoms with Crippen molar-refractivity contribution >= 4 is 0 Å². The topological polar surface area (TPSA) is 47.0 Å². The molecule has 0 fully saturated rings. The van der Waals surface area contributed by atoms with Crippen molar-refractivity contribution in [2.45, 2.75) is 26.3 Å². The van der Waals surface area contributed by atoms with Gasteiger partial charge in [0.15, 0.2) is 0 Å². The molecule has 4 nitrogen and oxygen atoms in total. The van der Waals surface area contributed by atoms with E-state index in [1.807, 2.05) is 43.7 Å². The number of nitrogens with one attached hydrogen (secondary N) is 1. The van der Waals surface area contributed by atoms with Crippen molar-refractivity contribution in [3.05, 3.63) is 54.1 Å². The van der Waals surface area contributed by atoms with Crippen LogP contribution < -0.4 is 10.1 Å². The molecule has 0 spiro atoms. The van der Waals surface area contributed by atoms with Gasteiger partial charge in [-0.1, -0.05) is 6.92 Å². The largest absolute Gasteiger partial charge is 0.492 e. The van der Waals surface area contributed by atoms with Crippen molar-refractivity contribution in [2.24, 2.45) is 0 Å². The lowest BCUT2D eigenvalue weighted by atomic mass is 10.0. The lowest BCUT2D eigenvalue weighted by molar-refractivity contribution is 0.338. The molecule has 0 aromatic carbocycles. The Morgan fingerprint density at radius 3 is 2.60 bits per heavy atom. The molecule has 0 saturated heterocycles. The van der Waals surface area contributed by atoms with Crippen molar-refractivity contribution in [3.63, 3.8) is 0 Å². The van der Waals surface area contributed by atoms with Gasteiger partial charge < -0.3 is 10.1 Å². The Hall–Kier alpha value is -1.94. The second-order valence-corrected chi connectivity index (χ2v) is 4.55. The summed E-state index contributed by atoms with van der Waals surface area (Å²) in [6.45, 7) is 5.73. The summed E-state index contributed by atoms with van der Waals surface area (Å²) < 4.78 is 5.53. The van der Waals surface area contributed by atoms with Gasteiger partial charge in [0.25, 0.3) is 0 Å². The van der Waals surface area contributed by atoms with Crippen LogP contribution in [0.15, 0.2) is 43.0 Å². The van der Waals surface area contributed by atoms with Crippen LogP contribution in [0.1, 0.15) is 37.4 Å². The van der Waals surface area contributed by atoms with Gasteiger partial charge in [0.05, 0.1) is 18.8 Å². The van der Waals surface area contributed by atoms with E-state index in [1.165, 1.54) is 5.56 Å². The molecule has 0 aliphatic rings. The quantitative estimate of drug-likeness (QED) is 0.841. The molecule has 0 saturated carbocycles. The van der Waals surface area contributed by atoms with Crippen molar-refractivity contribution in [1.29, 1.82) is 0 Å². The zero-order valence-corrected chi connectivity index (χ0v) is 12.0. The van der Waals surface area contributed by atoms with Crippen molar-refractivity contribution in [1.82, 2.24) is 15.3 Å². The fraction of sp³-hybridized carbons (Fsp3) is 0.375. The maximum absolute atomic E-state index is 5.53. The molecule has 0 radical (unpaired) electrons. The molecular formula is C16H21N3O. The average molecular weight is 271 g/mol. The first kappa shape index (κ1) is 14.5. The highest BCUT2D eigenvalue weighted by atomic mass is 16.5. The zero-order valence-electron chi connectivity index (χ0n) is 12.0. The highest BCUT2D eigenvalue weighted by Crippen LogP contribution is 2.24. The Balaban J connectivity index is 2.28. The summed E-state index contributed by atoms with van der Waals surface area (Å²) in [6.07, 6.45) is 8.35. The molecule has 1 atom stereocenters. The Morgan fingerprint density at radius 1 is 1.10 bits per heavy atom. The molecular weight excluding hydrogens is 250 g/mol. The van der Waals surface area contributed by atoms with Crippen LogP contribution in [0.2, 0.25) is 0 Å². The number of hydrogen-bond donors (Lipinski definition) is 1. The number of ether oxygens (including phenoxy) is 1. The van der Waals surface area contributed by atoms with E-state index in [0.29, 0.717) is 6.61 Å². The monoisotopic (exact) mass is 271 g/mol. The van der Waals surface area contributed by atoms with Gasteiger partial charge in [-0.05, 0) is 49.2 Å². The van der Waals surface area contributed by atoms with Crippen LogP contribution in [0.4, 0.5) is 0 Å². The molecule has 1 N–H and O–H groups in total. The van der Waals surface area contributed by atoms with E-state index in [2.05, 4.69) is 22.2 Å². The third-order valence-electron chi connectivity index (χ3n) is 3.02. The predicted octanol–water partition coefficient (Wildman–Crippen LogP) is 2.96. The average Bonchev–Trinajstić information content (AvgIpc) is 2.50. The lowest BCUT2D eigenvalue weighted by Crippen LogP contribution is -2.23. The summed E-state index contributed by atoms with van der Waals surface area (Å²) in [4.78, 5) is 8.36. The van der Waals surface area contributed by atoms with E-state index in [-0.39, 0.29) is 6.04 Å². The molecule has 2 heterocycles. The summed E-state index contributed by atoms with van der Waals surface area (Å²) >= 11 is 0. The molecule has 106 valence electrons. The van der Waals surface area contributed by atoms with Gasteiger partial charge >= 0.3 is 0 Å². The number of nitrogens with zero attached hydrogens (tertiary/aromatic N) is 2. The molecule has 2 aromatic rings. The van der Waals surface area contributed by atoms with E-state index in [1.54, 1.807) is 6.20 Å². The number of aromatic nitrogens is 2. The van der Waals surface area contributed by atoms with Crippen LogP contribution in [-0.4, -0.2) is 23.1 Å². The second kappa shape index (κ2) is 7.60. The molecule has 0 aliphatic carbocycles. The SMILES string of the molecule is CCCNC(c1ccncc1)c1cncc(OCC)c1. The highest BCUT2D eigenvalue weighted by molar-refractivity contribution is 5.33. The maximum atomic E-state index is 5.53. The van der Waals surface area contributed by atoms with E-state index in [4.69, 9.17) is 4.74 Å². The molecule has 0 amide bonds. The first-order valence-corrected chi connectivity index (χ1v) is 7.06. The van der Waals surface area contributed by atoms with Gasteiger partial charge in [0.2, 0.25) is 0 Å². The lowest BCUT2D eigenvalue weighted by Gasteiger charge is -2.19. The highest BCUT2D eigenvalue weighted by Gasteiger charge is 2.14. The van der Waals surface area contributed by atoms with Crippen LogP contribution in [0, 0.1) is 0 Å². The third kappa shape index (κ3) is 3.78. The number of hydrogen-bond acceptors (Lipinski definition) is 4. The molecule has 4 heteroatoms. The van der Waals surface area contributed by atoms with Crippen LogP contribution in [0.25, 0.3) is 0 Å². The van der Waals surface area contributed by atoms with E-state index in [0.717, 1.165) is 24.3 Å². The van der Waals surface area contributed by atoms with Gasteiger partial charge in [0.1, 0.15) is 5.75 Å². The van der Waals surface area contributed by atoms with Crippen LogP contribution >= 0.6 is 0 Å². The van der Waals surface area contributed by atoms with E-state index >= 15 is 0 Å². The second-order valence-electron chi connectivity index (χ2n) is 4.55. The summed E-state index contributed by atoms with van der Waals surface area (Å²) in [5, 5.41) is 3.55. The minimum Gasteiger partial charge on any atom is -0.492 e. The van der Waals surface area contributed by atoms with E-state index < -0.39 is 0 Å². The molecule has 2 aromatic heterocycles. The van der Waals surface area contributed by atoms with E-state index in [9.17, 15) is 0 Å². The van der Waals surface area contributed by atoms with Crippen molar-refractivity contribution in [3.8, 4) is 5.75 Å². The van der Waals surface area contributed by atoms with Gasteiger partial charge in [0, 0.05) is 18.6 Å². The Bertz CT molecular complexity index is 516. The standard InChI is InChI=1S/C16H21N3O/c1-3-7-19-16(13-5-8-17-9-6-13)14-10-15(20-4-2)12-18-11-14/h5-6,8-12,16,19H,3-4,7H2,1-2H3. The fourth-order valence-corrected chi connectivity index (χ4v) is 2.11. The Kier molecular flexibility index (Phi) is 5.50.